The number of aromatic hydroxyl groups is 1. The Morgan fingerprint density at radius 1 is 0.960 bits per heavy atom. The van der Waals surface area contributed by atoms with Gasteiger partial charge in [0.05, 0.1) is 19.8 Å². The summed E-state index contributed by atoms with van der Waals surface area (Å²) in [4.78, 5) is 1.30. The topological polar surface area (TPSA) is 75.4 Å². The molecule has 0 saturated carbocycles. The molecule has 3 aromatic rings. The van der Waals surface area contributed by atoms with E-state index in [9.17, 15) is 5.11 Å². The van der Waals surface area contributed by atoms with Crippen molar-refractivity contribution in [2.24, 2.45) is 10.2 Å². The van der Waals surface area contributed by atoms with Crippen molar-refractivity contribution < 1.29 is 22.4 Å². The summed E-state index contributed by atoms with van der Waals surface area (Å²) in [5.41, 5.74) is 8.69. The number of benzene rings is 3. The zero-order valence-electron chi connectivity index (χ0n) is 14.2. The molecule has 0 heterocycles. The molecule has 6 heteroatoms. The number of phenols is 1. The molecule has 0 bridgehead atoms. The number of nitrogens with two attached hydrogens (primary N) is 1. The van der Waals surface area contributed by atoms with Crippen molar-refractivity contribution >= 4 is 27.8 Å². The van der Waals surface area contributed by atoms with Gasteiger partial charge in [0.2, 0.25) is 0 Å². The van der Waals surface area contributed by atoms with E-state index in [1.165, 1.54) is 4.90 Å². The molecule has 0 saturated heterocycles. The Kier molecular flexibility index (Phi) is 5.96. The summed E-state index contributed by atoms with van der Waals surface area (Å²) in [5, 5.41) is 20.9. The molecule has 3 rings (SSSR count). The molecule has 4 N–H and O–H groups in total. The molecule has 130 valence electrons. The van der Waals surface area contributed by atoms with Gasteiger partial charge in [0.15, 0.2) is 0 Å². The summed E-state index contributed by atoms with van der Waals surface area (Å²) in [5.74, 6) is 0.128. The lowest BCUT2D eigenvalue weighted by molar-refractivity contribution is -0.872. The molecular weight excluding hydrogens is 336 g/mol. The number of nitrogens with one attached hydrogen (secondary N) is 1. The molecule has 0 aliphatic heterocycles. The molecule has 5 nitrogen and oxygen atoms in total. The number of azo groups is 1. The smallest absolute Gasteiger partial charge is 0.143 e. The van der Waals surface area contributed by atoms with Gasteiger partial charge in [-0.05, 0) is 35.7 Å². The fourth-order valence-electron chi connectivity index (χ4n) is 2.70. The molecule has 25 heavy (non-hydrogen) atoms. The van der Waals surface area contributed by atoms with Gasteiger partial charge in [0, 0.05) is 16.6 Å². The molecule has 0 fully saturated rings. The number of hydrogen-bond donors (Lipinski definition) is 3. The summed E-state index contributed by atoms with van der Waals surface area (Å²) in [6.07, 6.45) is 0. The lowest BCUT2D eigenvalue weighted by atomic mass is 10.0. The maximum atomic E-state index is 10.3. The highest BCUT2D eigenvalue weighted by atomic mass is 35.5. The van der Waals surface area contributed by atoms with Crippen molar-refractivity contribution in [1.29, 1.82) is 0 Å². The minimum atomic E-state index is 0. The molecule has 0 atom stereocenters. The van der Waals surface area contributed by atoms with Gasteiger partial charge in [-0.3, -0.25) is 0 Å². The number of quaternary nitrogens is 1. The average molecular weight is 357 g/mol. The standard InChI is InChI=1S/C19H20N4O.ClH/c1-23(2)12-14-5-3-4-13-6-11-17(24)19(18(13)14)22-21-16-9-7-15(20)8-10-16;/h3-11,24H,12,20H2,1-2H3;1H. The van der Waals surface area contributed by atoms with Gasteiger partial charge in [-0.15, -0.1) is 5.11 Å². The number of nitrogen functional groups attached to an aromatic ring is 1. The lowest BCUT2D eigenvalue weighted by Crippen LogP contribution is -3.04. The van der Waals surface area contributed by atoms with E-state index in [0.717, 1.165) is 22.9 Å². The molecule has 0 amide bonds. The Bertz CT molecular complexity index is 892. The Labute approximate surface area is 153 Å². The first-order chi connectivity index (χ1) is 11.5. The van der Waals surface area contributed by atoms with E-state index >= 15 is 0 Å². The number of halogens is 1. The fraction of sp³-hybridized carbons (Fsp3) is 0.158. The number of fused-ring (bicyclic) bond motifs is 1. The number of anilines is 1. The van der Waals surface area contributed by atoms with E-state index in [-0.39, 0.29) is 18.2 Å². The van der Waals surface area contributed by atoms with Crippen LogP contribution in [0, 0.1) is 0 Å². The SMILES string of the molecule is C[NH+](C)Cc1cccc2ccc(O)c(N=Nc3ccc(N)cc3)c12.[Cl-]. The van der Waals surface area contributed by atoms with Crippen molar-refractivity contribution in [1.82, 2.24) is 0 Å². The summed E-state index contributed by atoms with van der Waals surface area (Å²) in [7, 11) is 4.19. The second-order valence-electron chi connectivity index (χ2n) is 6.12. The van der Waals surface area contributed by atoms with E-state index in [2.05, 4.69) is 30.4 Å². The molecule has 0 aliphatic carbocycles. The maximum absolute atomic E-state index is 10.3. The largest absolute Gasteiger partial charge is 1.00 e. The predicted octanol–water partition coefficient (Wildman–Crippen LogP) is 0.192. The van der Waals surface area contributed by atoms with Crippen LogP contribution in [-0.4, -0.2) is 19.2 Å². The van der Waals surface area contributed by atoms with Crippen molar-refractivity contribution in [2.45, 2.75) is 6.54 Å². The quantitative estimate of drug-likeness (QED) is 0.461. The molecule has 0 radical (unpaired) electrons. The third-order valence-electron chi connectivity index (χ3n) is 3.79. The summed E-state index contributed by atoms with van der Waals surface area (Å²) in [6, 6.07) is 16.8. The van der Waals surface area contributed by atoms with Gasteiger partial charge in [-0.1, -0.05) is 24.3 Å². The molecular formula is C19H21ClN4O. The third kappa shape index (κ3) is 4.26. The van der Waals surface area contributed by atoms with Crippen LogP contribution >= 0.6 is 0 Å². The first kappa shape index (κ1) is 18.7. The van der Waals surface area contributed by atoms with Crippen LogP contribution in [0.25, 0.3) is 10.8 Å². The minimum absolute atomic E-state index is 0. The van der Waals surface area contributed by atoms with Gasteiger partial charge in [0.25, 0.3) is 0 Å². The van der Waals surface area contributed by atoms with Crippen LogP contribution in [0.5, 0.6) is 5.75 Å². The van der Waals surface area contributed by atoms with Gasteiger partial charge in [-0.25, -0.2) is 0 Å². The Balaban J connectivity index is 0.00000225. The number of hydrogen-bond acceptors (Lipinski definition) is 4. The Hall–Kier alpha value is -2.63. The van der Waals surface area contributed by atoms with Crippen LogP contribution < -0.4 is 23.0 Å². The molecule has 0 aliphatic rings. The van der Waals surface area contributed by atoms with Crippen molar-refractivity contribution in [2.75, 3.05) is 19.8 Å². The molecule has 3 aromatic carbocycles. The first-order valence-electron chi connectivity index (χ1n) is 7.84. The minimum Gasteiger partial charge on any atom is -1.00 e. The zero-order chi connectivity index (χ0) is 17.1. The number of nitrogens with zero attached hydrogens (tertiary/aromatic N) is 2. The van der Waals surface area contributed by atoms with Crippen molar-refractivity contribution in [3.8, 4) is 5.75 Å². The summed E-state index contributed by atoms with van der Waals surface area (Å²) in [6.45, 7) is 0.838. The van der Waals surface area contributed by atoms with Gasteiger partial charge < -0.3 is 28.1 Å². The highest BCUT2D eigenvalue weighted by Gasteiger charge is 2.12. The second kappa shape index (κ2) is 7.96. The lowest BCUT2D eigenvalue weighted by Gasteiger charge is -2.12. The van der Waals surface area contributed by atoms with Gasteiger partial charge in [0.1, 0.15) is 18.0 Å². The molecule has 0 unspecified atom stereocenters. The normalized spacial score (nSPS) is 11.2. The van der Waals surface area contributed by atoms with Crippen LogP contribution in [0.2, 0.25) is 0 Å². The van der Waals surface area contributed by atoms with E-state index in [1.54, 1.807) is 30.3 Å². The van der Waals surface area contributed by atoms with E-state index < -0.39 is 0 Å². The maximum Gasteiger partial charge on any atom is 0.143 e. The van der Waals surface area contributed by atoms with Crippen LogP contribution in [0.4, 0.5) is 17.1 Å². The third-order valence-corrected chi connectivity index (χ3v) is 3.79. The number of rotatable bonds is 4. The van der Waals surface area contributed by atoms with Crippen LogP contribution in [0.1, 0.15) is 5.56 Å². The van der Waals surface area contributed by atoms with Gasteiger partial charge in [-0.2, -0.15) is 5.11 Å². The summed E-state index contributed by atoms with van der Waals surface area (Å²) >= 11 is 0. The molecule has 0 spiro atoms. The fourth-order valence-corrected chi connectivity index (χ4v) is 2.70. The second-order valence-corrected chi connectivity index (χ2v) is 6.12. The summed E-state index contributed by atoms with van der Waals surface area (Å²) < 4.78 is 0. The van der Waals surface area contributed by atoms with Crippen LogP contribution in [0.3, 0.4) is 0 Å². The zero-order valence-corrected chi connectivity index (χ0v) is 15.0. The molecule has 0 aromatic heterocycles. The van der Waals surface area contributed by atoms with Crippen LogP contribution in [0.15, 0.2) is 64.8 Å². The highest BCUT2D eigenvalue weighted by Crippen LogP contribution is 2.38. The van der Waals surface area contributed by atoms with E-state index in [1.807, 2.05) is 18.2 Å². The van der Waals surface area contributed by atoms with E-state index in [0.29, 0.717) is 17.1 Å². The Morgan fingerprint density at radius 3 is 2.36 bits per heavy atom. The van der Waals surface area contributed by atoms with Crippen LogP contribution in [-0.2, 0) is 6.54 Å². The predicted molar refractivity (Wildman–Crippen MR) is 97.2 cm³/mol. The van der Waals surface area contributed by atoms with E-state index in [4.69, 9.17) is 5.73 Å². The van der Waals surface area contributed by atoms with Gasteiger partial charge >= 0.3 is 0 Å². The number of phenolic OH excluding ortho intramolecular Hbond substituents is 1. The van der Waals surface area contributed by atoms with Crippen molar-refractivity contribution in [3.05, 3.63) is 60.2 Å². The first-order valence-corrected chi connectivity index (χ1v) is 7.84. The van der Waals surface area contributed by atoms with Crippen molar-refractivity contribution in [3.63, 3.8) is 0 Å². The highest BCUT2D eigenvalue weighted by molar-refractivity contribution is 5.97. The average Bonchev–Trinajstić information content (AvgIpc) is 2.55. The monoisotopic (exact) mass is 356 g/mol. The Morgan fingerprint density at radius 2 is 1.68 bits per heavy atom.